The molecule has 6 N–H and O–H groups in total. The number of nitrogen functional groups attached to an aromatic ring is 1. The number of rotatable bonds is 6. The smallest absolute Gasteiger partial charge is 0.383 e. The van der Waals surface area contributed by atoms with Gasteiger partial charge in [-0.05, 0) is 13.0 Å². The van der Waals surface area contributed by atoms with Gasteiger partial charge in [-0.2, -0.15) is 4.98 Å². The minimum atomic E-state index is -4.40. The van der Waals surface area contributed by atoms with Crippen molar-refractivity contribution < 1.29 is 28.3 Å². The van der Waals surface area contributed by atoms with Gasteiger partial charge in [-0.25, -0.2) is 9.36 Å². The molecule has 1 aliphatic rings. The summed E-state index contributed by atoms with van der Waals surface area (Å²) in [6, 6.07) is 0.447. The number of carbonyl (C=O) groups is 1. The molecule has 12 nitrogen and oxygen atoms in total. The van der Waals surface area contributed by atoms with Gasteiger partial charge in [0.15, 0.2) is 12.5 Å². The predicted octanol–water partition coefficient (Wildman–Crippen LogP) is -1.72. The predicted molar refractivity (Wildman–Crippen MR) is 80.3 cm³/mol. The SMILES string of the molecule is C[C@H](N)C(=O)NP(=O)(O)OC[C@H]1OC[C@@H](n2ccc(N)nc2=O)O1. The van der Waals surface area contributed by atoms with Gasteiger partial charge in [0.25, 0.3) is 0 Å². The number of amides is 1. The largest absolute Gasteiger partial charge is 0.432 e. The second kappa shape index (κ2) is 7.38. The lowest BCUT2D eigenvalue weighted by Crippen LogP contribution is -2.37. The second-order valence-electron chi connectivity index (χ2n) is 4.98. The highest BCUT2D eigenvalue weighted by Gasteiger charge is 2.32. The first kappa shape index (κ1) is 18.5. The van der Waals surface area contributed by atoms with E-state index in [0.29, 0.717) is 0 Å². The molecule has 0 spiro atoms. The molecule has 1 fully saturated rings. The third-order valence-corrected chi connectivity index (χ3v) is 3.95. The molecule has 1 saturated heterocycles. The minimum absolute atomic E-state index is 0.00144. The molecule has 24 heavy (non-hydrogen) atoms. The number of aromatic nitrogens is 2. The molecule has 0 radical (unpaired) electrons. The number of nitrogens with one attached hydrogen (secondary N) is 1. The molecule has 1 aliphatic heterocycles. The van der Waals surface area contributed by atoms with Gasteiger partial charge in [0.05, 0.1) is 12.6 Å². The third kappa shape index (κ3) is 4.84. The first-order valence-corrected chi connectivity index (χ1v) is 8.42. The normalized spacial score (nSPS) is 24.3. The lowest BCUT2D eigenvalue weighted by atomic mass is 10.4. The lowest BCUT2D eigenvalue weighted by molar-refractivity contribution is -0.121. The van der Waals surface area contributed by atoms with Crippen LogP contribution in [0.15, 0.2) is 17.1 Å². The van der Waals surface area contributed by atoms with E-state index in [1.807, 2.05) is 0 Å². The van der Waals surface area contributed by atoms with Gasteiger partial charge in [0.1, 0.15) is 12.4 Å². The van der Waals surface area contributed by atoms with Gasteiger partial charge in [-0.1, -0.05) is 0 Å². The molecule has 0 bridgehead atoms. The number of nitrogens with zero attached hydrogens (tertiary/aromatic N) is 2. The number of anilines is 1. The van der Waals surface area contributed by atoms with E-state index in [9.17, 15) is 19.0 Å². The summed E-state index contributed by atoms with van der Waals surface area (Å²) in [6.45, 7) is 0.906. The van der Waals surface area contributed by atoms with E-state index >= 15 is 0 Å². The number of hydrogen-bond acceptors (Lipinski definition) is 9. The number of carbonyl (C=O) groups excluding carboxylic acids is 1. The van der Waals surface area contributed by atoms with Crippen molar-refractivity contribution in [3.05, 3.63) is 22.7 Å². The van der Waals surface area contributed by atoms with E-state index in [1.165, 1.54) is 19.2 Å². The zero-order chi connectivity index (χ0) is 17.9. The summed E-state index contributed by atoms with van der Waals surface area (Å²) in [5.74, 6) is -0.771. The lowest BCUT2D eigenvalue weighted by Gasteiger charge is -2.17. The molecule has 13 heteroatoms. The van der Waals surface area contributed by atoms with Crippen LogP contribution >= 0.6 is 7.75 Å². The Labute approximate surface area is 136 Å². The summed E-state index contributed by atoms with van der Waals surface area (Å²) in [6.07, 6.45) is -0.398. The number of hydrogen-bond donors (Lipinski definition) is 4. The van der Waals surface area contributed by atoms with Crippen LogP contribution in [0.5, 0.6) is 0 Å². The van der Waals surface area contributed by atoms with E-state index in [4.69, 9.17) is 25.5 Å². The summed E-state index contributed by atoms with van der Waals surface area (Å²) in [5, 5.41) is 1.77. The van der Waals surface area contributed by atoms with Gasteiger partial charge in [-0.3, -0.25) is 19.0 Å². The standard InChI is InChI=1S/C11H18N5O7P/c1-6(12)10(17)15-24(19,20)22-5-9-21-4-8(23-9)16-3-2-7(13)14-11(16)18/h2-3,6,8-9H,4-5,12H2,1H3,(H2,13,14,18)(H2,15,17,19,20)/t6-,8-,9-/m0/s1. The quantitative estimate of drug-likeness (QED) is 0.424. The van der Waals surface area contributed by atoms with Crippen molar-refractivity contribution in [1.29, 1.82) is 0 Å². The zero-order valence-electron chi connectivity index (χ0n) is 12.7. The van der Waals surface area contributed by atoms with Crippen LogP contribution in [0.2, 0.25) is 0 Å². The maximum Gasteiger partial charge on any atom is 0.432 e. The van der Waals surface area contributed by atoms with Gasteiger partial charge in [-0.15, -0.1) is 0 Å². The van der Waals surface area contributed by atoms with E-state index in [0.717, 1.165) is 4.57 Å². The van der Waals surface area contributed by atoms with Crippen LogP contribution in [0.1, 0.15) is 13.2 Å². The fourth-order valence-corrected chi connectivity index (χ4v) is 2.63. The third-order valence-electron chi connectivity index (χ3n) is 2.95. The number of nitrogens with two attached hydrogens (primary N) is 2. The molecule has 2 rings (SSSR count). The highest BCUT2D eigenvalue weighted by atomic mass is 31.2. The van der Waals surface area contributed by atoms with Gasteiger partial charge >= 0.3 is 13.4 Å². The summed E-state index contributed by atoms with van der Waals surface area (Å²) in [5.41, 5.74) is 10.0. The van der Waals surface area contributed by atoms with Crippen molar-refractivity contribution in [3.8, 4) is 0 Å². The Balaban J connectivity index is 1.89. The first-order valence-electron chi connectivity index (χ1n) is 6.85. The van der Waals surface area contributed by atoms with E-state index in [1.54, 1.807) is 5.09 Å². The Hall–Kier alpha value is -1.82. The van der Waals surface area contributed by atoms with Crippen molar-refractivity contribution >= 4 is 19.5 Å². The van der Waals surface area contributed by atoms with Crippen molar-refractivity contribution in [2.75, 3.05) is 18.9 Å². The van der Waals surface area contributed by atoms with Crippen LogP contribution < -0.4 is 22.2 Å². The average molecular weight is 363 g/mol. The molecule has 134 valence electrons. The van der Waals surface area contributed by atoms with Crippen LogP contribution in [0.25, 0.3) is 0 Å². The first-order chi connectivity index (χ1) is 11.2. The fraction of sp³-hybridized carbons (Fsp3) is 0.545. The maximum absolute atomic E-state index is 11.7. The topological polar surface area (TPSA) is 181 Å². The summed E-state index contributed by atoms with van der Waals surface area (Å²) in [7, 11) is -4.40. The summed E-state index contributed by atoms with van der Waals surface area (Å²) < 4.78 is 28.2. The monoisotopic (exact) mass is 363 g/mol. The highest BCUT2D eigenvalue weighted by molar-refractivity contribution is 7.51. The van der Waals surface area contributed by atoms with Crippen molar-refractivity contribution in [2.45, 2.75) is 25.5 Å². The molecule has 2 heterocycles. The molecule has 0 saturated carbocycles. The minimum Gasteiger partial charge on any atom is -0.383 e. The van der Waals surface area contributed by atoms with Gasteiger partial charge in [0.2, 0.25) is 5.91 Å². The van der Waals surface area contributed by atoms with Crippen LogP contribution in [-0.4, -0.2) is 45.9 Å². The van der Waals surface area contributed by atoms with E-state index in [-0.39, 0.29) is 12.4 Å². The fourth-order valence-electron chi connectivity index (χ4n) is 1.76. The molecule has 1 unspecified atom stereocenters. The second-order valence-corrected chi connectivity index (χ2v) is 6.50. The Morgan fingerprint density at radius 1 is 1.71 bits per heavy atom. The molecule has 4 atom stereocenters. The Kier molecular flexibility index (Phi) is 5.70. The van der Waals surface area contributed by atoms with Gasteiger partial charge in [0, 0.05) is 6.20 Å². The molecule has 0 aliphatic carbocycles. The molecular weight excluding hydrogens is 345 g/mol. The molecule has 1 aromatic heterocycles. The van der Waals surface area contributed by atoms with Crippen LogP contribution in [0.3, 0.4) is 0 Å². The van der Waals surface area contributed by atoms with Crippen LogP contribution in [-0.2, 0) is 23.4 Å². The highest BCUT2D eigenvalue weighted by Crippen LogP contribution is 2.37. The Bertz CT molecular complexity index is 708. The summed E-state index contributed by atoms with van der Waals surface area (Å²) >= 11 is 0. The van der Waals surface area contributed by atoms with Gasteiger partial charge < -0.3 is 25.8 Å². The van der Waals surface area contributed by atoms with E-state index in [2.05, 4.69) is 4.98 Å². The maximum atomic E-state index is 11.7. The van der Waals surface area contributed by atoms with Crippen molar-refractivity contribution in [3.63, 3.8) is 0 Å². The summed E-state index contributed by atoms with van der Waals surface area (Å²) in [4.78, 5) is 36.0. The number of ether oxygens (including phenoxy) is 2. The van der Waals surface area contributed by atoms with Crippen LogP contribution in [0, 0.1) is 0 Å². The average Bonchev–Trinajstić information content (AvgIpc) is 2.93. The molecule has 0 aromatic carbocycles. The molecule has 1 amide bonds. The van der Waals surface area contributed by atoms with E-state index < -0.39 is 44.5 Å². The Morgan fingerprint density at radius 3 is 3.04 bits per heavy atom. The van der Waals surface area contributed by atoms with Crippen molar-refractivity contribution in [2.24, 2.45) is 5.73 Å². The van der Waals surface area contributed by atoms with Crippen LogP contribution in [0.4, 0.5) is 5.82 Å². The molecule has 1 aromatic rings. The Morgan fingerprint density at radius 2 is 2.42 bits per heavy atom. The molecular formula is C11H18N5O7P. The van der Waals surface area contributed by atoms with Crippen molar-refractivity contribution in [1.82, 2.24) is 14.6 Å². The zero-order valence-corrected chi connectivity index (χ0v) is 13.6.